The lowest BCUT2D eigenvalue weighted by Gasteiger charge is -2.06. The van der Waals surface area contributed by atoms with Crippen molar-refractivity contribution in [2.75, 3.05) is 0 Å². The predicted octanol–water partition coefficient (Wildman–Crippen LogP) is 2.22. The summed E-state index contributed by atoms with van der Waals surface area (Å²) in [5.41, 5.74) is 1.76. The average Bonchev–Trinajstić information content (AvgIpc) is 2.99. The van der Waals surface area contributed by atoms with E-state index in [-0.39, 0.29) is 5.41 Å². The van der Waals surface area contributed by atoms with E-state index < -0.39 is 0 Å². The van der Waals surface area contributed by atoms with E-state index in [0.717, 1.165) is 18.4 Å². The largest absolute Gasteiger partial charge is 0.192 e. The van der Waals surface area contributed by atoms with Crippen molar-refractivity contribution in [2.45, 2.75) is 18.3 Å². The average molecular weight is 167 g/mol. The number of terminal acetylenes is 1. The summed E-state index contributed by atoms with van der Waals surface area (Å²) in [4.78, 5) is 0. The number of nitriles is 1. The molecule has 0 saturated heterocycles. The van der Waals surface area contributed by atoms with Gasteiger partial charge in [0.25, 0.3) is 0 Å². The van der Waals surface area contributed by atoms with Gasteiger partial charge in [0.1, 0.15) is 0 Å². The van der Waals surface area contributed by atoms with Crippen molar-refractivity contribution in [1.82, 2.24) is 0 Å². The van der Waals surface area contributed by atoms with Gasteiger partial charge in [-0.1, -0.05) is 18.1 Å². The van der Waals surface area contributed by atoms with Crippen molar-refractivity contribution in [3.8, 4) is 18.4 Å². The molecular weight excluding hydrogens is 158 g/mol. The minimum atomic E-state index is -0.0488. The summed E-state index contributed by atoms with van der Waals surface area (Å²) in [6.07, 6.45) is 7.57. The molecule has 1 nitrogen and oxygen atoms in total. The molecule has 1 heteroatoms. The highest BCUT2D eigenvalue weighted by molar-refractivity contribution is 5.44. The summed E-state index contributed by atoms with van der Waals surface area (Å²) in [6.45, 7) is 0. The molecule has 0 atom stereocenters. The van der Waals surface area contributed by atoms with Crippen LogP contribution in [0.5, 0.6) is 0 Å². The van der Waals surface area contributed by atoms with Crippen molar-refractivity contribution in [1.29, 1.82) is 5.26 Å². The number of benzene rings is 1. The summed E-state index contributed by atoms with van der Waals surface area (Å²) in [5, 5.41) is 8.72. The second kappa shape index (κ2) is 2.64. The minimum absolute atomic E-state index is 0.0488. The standard InChI is InChI=1S/C12H9N/c1-2-12(6-7-12)11-5-3-4-10(8-11)9-13/h1,3-5,8H,6-7H2. The predicted molar refractivity (Wildman–Crippen MR) is 50.9 cm³/mol. The van der Waals surface area contributed by atoms with Crippen molar-refractivity contribution < 1.29 is 0 Å². The van der Waals surface area contributed by atoms with Crippen LogP contribution in [0.15, 0.2) is 24.3 Å². The molecule has 62 valence electrons. The third-order valence-corrected chi connectivity index (χ3v) is 2.57. The van der Waals surface area contributed by atoms with Gasteiger partial charge in [-0.15, -0.1) is 6.42 Å². The quantitative estimate of drug-likeness (QED) is 0.588. The van der Waals surface area contributed by atoms with E-state index in [2.05, 4.69) is 12.0 Å². The molecule has 0 radical (unpaired) electrons. The van der Waals surface area contributed by atoms with Crippen LogP contribution in [0.1, 0.15) is 24.0 Å². The highest BCUT2D eigenvalue weighted by Crippen LogP contribution is 2.47. The van der Waals surface area contributed by atoms with Gasteiger partial charge in [-0.3, -0.25) is 0 Å². The lowest BCUT2D eigenvalue weighted by Crippen LogP contribution is -2.02. The third kappa shape index (κ3) is 1.19. The Hall–Kier alpha value is -1.73. The van der Waals surface area contributed by atoms with E-state index in [4.69, 9.17) is 11.7 Å². The first-order valence-corrected chi connectivity index (χ1v) is 4.29. The van der Waals surface area contributed by atoms with Crippen LogP contribution in [0.3, 0.4) is 0 Å². The Kier molecular flexibility index (Phi) is 1.61. The van der Waals surface area contributed by atoms with E-state index in [1.54, 1.807) is 6.07 Å². The fourth-order valence-electron chi connectivity index (χ4n) is 1.53. The molecule has 0 heterocycles. The van der Waals surface area contributed by atoms with Crippen LogP contribution in [-0.4, -0.2) is 0 Å². The number of nitrogens with zero attached hydrogens (tertiary/aromatic N) is 1. The zero-order valence-electron chi connectivity index (χ0n) is 7.25. The maximum absolute atomic E-state index is 8.72. The lowest BCUT2D eigenvalue weighted by molar-refractivity contribution is 0.930. The highest BCUT2D eigenvalue weighted by Gasteiger charge is 2.42. The van der Waals surface area contributed by atoms with Crippen LogP contribution in [0.25, 0.3) is 0 Å². The molecule has 1 saturated carbocycles. The first-order chi connectivity index (χ1) is 6.30. The highest BCUT2D eigenvalue weighted by atomic mass is 14.4. The van der Waals surface area contributed by atoms with Crippen LogP contribution < -0.4 is 0 Å². The van der Waals surface area contributed by atoms with Crippen LogP contribution >= 0.6 is 0 Å². The first kappa shape index (κ1) is 7.90. The van der Waals surface area contributed by atoms with Gasteiger partial charge in [-0.25, -0.2) is 0 Å². The van der Waals surface area contributed by atoms with E-state index in [1.165, 1.54) is 0 Å². The Morgan fingerprint density at radius 1 is 1.38 bits per heavy atom. The monoisotopic (exact) mass is 167 g/mol. The van der Waals surface area contributed by atoms with Crippen molar-refractivity contribution in [2.24, 2.45) is 0 Å². The maximum Gasteiger partial charge on any atom is 0.0991 e. The second-order valence-electron chi connectivity index (χ2n) is 3.42. The Morgan fingerprint density at radius 3 is 2.69 bits per heavy atom. The first-order valence-electron chi connectivity index (χ1n) is 4.29. The molecule has 0 aromatic heterocycles. The molecule has 0 aliphatic heterocycles. The molecule has 1 aliphatic carbocycles. The van der Waals surface area contributed by atoms with Gasteiger partial charge < -0.3 is 0 Å². The van der Waals surface area contributed by atoms with Gasteiger partial charge in [0.2, 0.25) is 0 Å². The fraction of sp³-hybridized carbons (Fsp3) is 0.250. The maximum atomic E-state index is 8.72. The van der Waals surface area contributed by atoms with Gasteiger partial charge in [-0.2, -0.15) is 5.26 Å². The Balaban J connectivity index is 2.44. The Bertz CT molecular complexity index is 413. The summed E-state index contributed by atoms with van der Waals surface area (Å²) in [6, 6.07) is 9.72. The van der Waals surface area contributed by atoms with E-state index >= 15 is 0 Å². The fourth-order valence-corrected chi connectivity index (χ4v) is 1.53. The number of hydrogen-bond donors (Lipinski definition) is 0. The molecule has 0 unspecified atom stereocenters. The third-order valence-electron chi connectivity index (χ3n) is 2.57. The van der Waals surface area contributed by atoms with Crippen molar-refractivity contribution >= 4 is 0 Å². The molecule has 0 bridgehead atoms. The topological polar surface area (TPSA) is 23.8 Å². The van der Waals surface area contributed by atoms with Crippen LogP contribution in [-0.2, 0) is 5.41 Å². The van der Waals surface area contributed by atoms with Gasteiger partial charge in [0.15, 0.2) is 0 Å². The molecule has 0 N–H and O–H groups in total. The van der Waals surface area contributed by atoms with Gasteiger partial charge >= 0.3 is 0 Å². The van der Waals surface area contributed by atoms with E-state index in [0.29, 0.717) is 5.56 Å². The lowest BCUT2D eigenvalue weighted by atomic mass is 9.96. The molecule has 1 aromatic carbocycles. The molecule has 13 heavy (non-hydrogen) atoms. The number of hydrogen-bond acceptors (Lipinski definition) is 1. The summed E-state index contributed by atoms with van der Waals surface area (Å²) >= 11 is 0. The van der Waals surface area contributed by atoms with Gasteiger partial charge in [0.05, 0.1) is 17.0 Å². The minimum Gasteiger partial charge on any atom is -0.192 e. The molecule has 1 aromatic rings. The van der Waals surface area contributed by atoms with Gasteiger partial charge in [-0.05, 0) is 30.5 Å². The van der Waals surface area contributed by atoms with E-state index in [1.807, 2.05) is 18.2 Å². The number of rotatable bonds is 1. The molecular formula is C12H9N. The molecule has 0 amide bonds. The van der Waals surface area contributed by atoms with Gasteiger partial charge in [0, 0.05) is 0 Å². The molecule has 2 rings (SSSR count). The van der Waals surface area contributed by atoms with Crippen LogP contribution in [0.4, 0.5) is 0 Å². The summed E-state index contributed by atoms with van der Waals surface area (Å²) < 4.78 is 0. The molecule has 0 spiro atoms. The summed E-state index contributed by atoms with van der Waals surface area (Å²) in [7, 11) is 0. The zero-order chi connectivity index (χ0) is 9.31. The molecule has 1 fully saturated rings. The Morgan fingerprint density at radius 2 is 2.15 bits per heavy atom. The smallest absolute Gasteiger partial charge is 0.0991 e. The second-order valence-corrected chi connectivity index (χ2v) is 3.42. The normalized spacial score (nSPS) is 17.1. The van der Waals surface area contributed by atoms with Crippen molar-refractivity contribution in [3.63, 3.8) is 0 Å². The van der Waals surface area contributed by atoms with E-state index in [9.17, 15) is 0 Å². The van der Waals surface area contributed by atoms with Crippen molar-refractivity contribution in [3.05, 3.63) is 35.4 Å². The van der Waals surface area contributed by atoms with Crippen LogP contribution in [0, 0.1) is 23.7 Å². The summed E-state index contributed by atoms with van der Waals surface area (Å²) in [5.74, 6) is 2.81. The SMILES string of the molecule is C#CC1(c2cccc(C#N)c2)CC1. The Labute approximate surface area is 78.0 Å². The molecule has 1 aliphatic rings. The van der Waals surface area contributed by atoms with Crippen LogP contribution in [0.2, 0.25) is 0 Å². The zero-order valence-corrected chi connectivity index (χ0v) is 7.25.